The zero-order chi connectivity index (χ0) is 20.6. The lowest BCUT2D eigenvalue weighted by Crippen LogP contribution is -2.56. The smallest absolute Gasteiger partial charge is 0.312 e. The zero-order valence-electron chi connectivity index (χ0n) is 16.5. The topological polar surface area (TPSA) is 79.0 Å². The van der Waals surface area contributed by atoms with Gasteiger partial charge in [-0.05, 0) is 18.1 Å². The van der Waals surface area contributed by atoms with Crippen molar-refractivity contribution >= 4 is 17.7 Å². The normalized spacial score (nSPS) is 14.1. The molecule has 0 saturated carbocycles. The number of hydrogen-bond acceptors (Lipinski definition) is 4. The fraction of sp³-hybridized carbons (Fsp3) is 0.318. The highest BCUT2D eigenvalue weighted by molar-refractivity contribution is 6.35. The summed E-state index contributed by atoms with van der Waals surface area (Å²) < 4.78 is 5.31. The van der Waals surface area contributed by atoms with Crippen LogP contribution in [0.5, 0.6) is 5.75 Å². The molecular weight excluding hydrogens is 370 g/mol. The third-order valence-electron chi connectivity index (χ3n) is 4.86. The van der Waals surface area contributed by atoms with Crippen LogP contribution >= 0.6 is 0 Å². The summed E-state index contributed by atoms with van der Waals surface area (Å²) in [7, 11) is 1.57. The van der Waals surface area contributed by atoms with Gasteiger partial charge in [-0.15, -0.1) is 0 Å². The largest absolute Gasteiger partial charge is 0.496 e. The first-order valence-corrected chi connectivity index (χ1v) is 9.59. The van der Waals surface area contributed by atoms with Crippen LogP contribution in [0.1, 0.15) is 11.1 Å². The number of rotatable bonds is 8. The molecule has 0 atom stereocenters. The van der Waals surface area contributed by atoms with Crippen molar-refractivity contribution in [3.8, 4) is 5.75 Å². The first-order chi connectivity index (χ1) is 14.1. The Kier molecular flexibility index (Phi) is 6.84. The molecule has 1 N–H and O–H groups in total. The lowest BCUT2D eigenvalue weighted by atomic mass is 10.1. The summed E-state index contributed by atoms with van der Waals surface area (Å²) >= 11 is 0. The van der Waals surface area contributed by atoms with Gasteiger partial charge in [0.1, 0.15) is 12.3 Å². The molecule has 2 aromatic rings. The number of hydrogen-bond donors (Lipinski definition) is 1. The van der Waals surface area contributed by atoms with Crippen LogP contribution < -0.4 is 10.1 Å². The van der Waals surface area contributed by atoms with Gasteiger partial charge in [-0.2, -0.15) is 0 Å². The average molecular weight is 395 g/mol. The molecule has 0 bridgehead atoms. The highest BCUT2D eigenvalue weighted by Crippen LogP contribution is 2.20. The number of piperazine rings is 1. The van der Waals surface area contributed by atoms with Gasteiger partial charge in [0.15, 0.2) is 0 Å². The minimum atomic E-state index is -0.649. The van der Waals surface area contributed by atoms with E-state index in [0.717, 1.165) is 11.1 Å². The molecule has 0 radical (unpaired) electrons. The average Bonchev–Trinajstić information content (AvgIpc) is 2.74. The van der Waals surface area contributed by atoms with Crippen molar-refractivity contribution in [1.29, 1.82) is 0 Å². The lowest BCUT2D eigenvalue weighted by Gasteiger charge is -2.33. The summed E-state index contributed by atoms with van der Waals surface area (Å²) in [5, 5.41) is 2.81. The standard InChI is InChI=1S/C22H25N3O4/c1-29-19-10-6-5-9-18(19)15-24-13-14-25(22(28)21(24)27)16-20(26)23-12-11-17-7-3-2-4-8-17/h2-10H,11-16H2,1H3,(H,23,26). The number of ether oxygens (including phenoxy) is 1. The summed E-state index contributed by atoms with van der Waals surface area (Å²) in [6, 6.07) is 17.2. The number of methoxy groups -OCH3 is 1. The molecule has 0 aromatic heterocycles. The number of carbonyl (C=O) groups is 3. The maximum absolute atomic E-state index is 12.5. The number of carbonyl (C=O) groups excluding carboxylic acids is 3. The second kappa shape index (κ2) is 9.73. The number of para-hydroxylation sites is 1. The molecule has 0 aliphatic carbocycles. The zero-order valence-corrected chi connectivity index (χ0v) is 16.5. The molecule has 1 aliphatic heterocycles. The first kappa shape index (κ1) is 20.4. The maximum atomic E-state index is 12.5. The van der Waals surface area contributed by atoms with Gasteiger partial charge in [-0.1, -0.05) is 48.5 Å². The Morgan fingerprint density at radius 1 is 0.966 bits per heavy atom. The SMILES string of the molecule is COc1ccccc1CN1CCN(CC(=O)NCCc2ccccc2)C(=O)C1=O. The fourth-order valence-corrected chi connectivity index (χ4v) is 3.28. The fourth-order valence-electron chi connectivity index (χ4n) is 3.28. The van der Waals surface area contributed by atoms with Crippen LogP contribution in [0.4, 0.5) is 0 Å². The van der Waals surface area contributed by atoms with Crippen molar-refractivity contribution in [1.82, 2.24) is 15.1 Å². The molecule has 1 saturated heterocycles. The van der Waals surface area contributed by atoms with Gasteiger partial charge in [0, 0.05) is 31.7 Å². The highest BCUT2D eigenvalue weighted by Gasteiger charge is 2.33. The van der Waals surface area contributed by atoms with Gasteiger partial charge in [-0.25, -0.2) is 0 Å². The van der Waals surface area contributed by atoms with Crippen LogP contribution in [-0.2, 0) is 27.3 Å². The van der Waals surface area contributed by atoms with E-state index in [1.807, 2.05) is 54.6 Å². The summed E-state index contributed by atoms with van der Waals surface area (Å²) in [6.07, 6.45) is 0.714. The molecule has 152 valence electrons. The van der Waals surface area contributed by atoms with E-state index in [9.17, 15) is 14.4 Å². The molecule has 3 rings (SSSR count). The second-order valence-electron chi connectivity index (χ2n) is 6.85. The van der Waals surface area contributed by atoms with Crippen LogP contribution in [0, 0.1) is 0 Å². The summed E-state index contributed by atoms with van der Waals surface area (Å²) in [4.78, 5) is 39.9. The molecule has 7 heteroatoms. The summed E-state index contributed by atoms with van der Waals surface area (Å²) in [6.45, 7) is 1.37. The third kappa shape index (κ3) is 5.34. The van der Waals surface area contributed by atoms with E-state index >= 15 is 0 Å². The molecule has 1 fully saturated rings. The summed E-state index contributed by atoms with van der Waals surface area (Å²) in [5.74, 6) is -0.836. The Balaban J connectivity index is 1.49. The van der Waals surface area contributed by atoms with E-state index in [4.69, 9.17) is 4.74 Å². The number of amides is 3. The Morgan fingerprint density at radius 3 is 2.38 bits per heavy atom. The van der Waals surface area contributed by atoms with Gasteiger partial charge < -0.3 is 19.9 Å². The molecule has 1 aliphatic rings. The van der Waals surface area contributed by atoms with Crippen LogP contribution in [0.15, 0.2) is 54.6 Å². The quantitative estimate of drug-likeness (QED) is 0.682. The number of benzene rings is 2. The maximum Gasteiger partial charge on any atom is 0.312 e. The van der Waals surface area contributed by atoms with E-state index < -0.39 is 11.8 Å². The van der Waals surface area contributed by atoms with Gasteiger partial charge in [0.05, 0.1) is 7.11 Å². The molecule has 0 unspecified atom stereocenters. The van der Waals surface area contributed by atoms with Crippen molar-refractivity contribution in [3.63, 3.8) is 0 Å². The van der Waals surface area contributed by atoms with E-state index in [-0.39, 0.29) is 12.5 Å². The predicted octanol–water partition coefficient (Wildman–Crippen LogP) is 1.22. The number of nitrogens with zero attached hydrogens (tertiary/aromatic N) is 2. The Labute approximate surface area is 170 Å². The molecule has 2 aromatic carbocycles. The van der Waals surface area contributed by atoms with Crippen LogP contribution in [0.2, 0.25) is 0 Å². The van der Waals surface area contributed by atoms with Crippen LogP contribution in [0.3, 0.4) is 0 Å². The Bertz CT molecular complexity index is 869. The van der Waals surface area contributed by atoms with Gasteiger partial charge in [0.25, 0.3) is 0 Å². The molecule has 3 amide bonds. The van der Waals surface area contributed by atoms with Crippen molar-refractivity contribution in [2.45, 2.75) is 13.0 Å². The van der Waals surface area contributed by atoms with Gasteiger partial charge in [0.2, 0.25) is 5.91 Å². The number of nitrogens with one attached hydrogen (secondary N) is 1. The monoisotopic (exact) mass is 395 g/mol. The third-order valence-corrected chi connectivity index (χ3v) is 4.86. The van der Waals surface area contributed by atoms with E-state index in [2.05, 4.69) is 5.32 Å². The summed E-state index contributed by atoms with van der Waals surface area (Å²) in [5.41, 5.74) is 1.97. The van der Waals surface area contributed by atoms with E-state index in [0.29, 0.717) is 38.3 Å². The van der Waals surface area contributed by atoms with Gasteiger partial charge >= 0.3 is 11.8 Å². The highest BCUT2D eigenvalue weighted by atomic mass is 16.5. The Morgan fingerprint density at radius 2 is 1.62 bits per heavy atom. The minimum Gasteiger partial charge on any atom is -0.496 e. The van der Waals surface area contributed by atoms with E-state index in [1.54, 1.807) is 7.11 Å². The first-order valence-electron chi connectivity index (χ1n) is 9.59. The molecule has 1 heterocycles. The van der Waals surface area contributed by atoms with Crippen LogP contribution in [-0.4, -0.2) is 60.8 Å². The molecule has 7 nitrogen and oxygen atoms in total. The Hall–Kier alpha value is -3.35. The molecule has 0 spiro atoms. The van der Waals surface area contributed by atoms with Gasteiger partial charge in [-0.3, -0.25) is 14.4 Å². The van der Waals surface area contributed by atoms with Crippen molar-refractivity contribution in [3.05, 3.63) is 65.7 Å². The van der Waals surface area contributed by atoms with Crippen molar-refractivity contribution < 1.29 is 19.1 Å². The van der Waals surface area contributed by atoms with Crippen molar-refractivity contribution in [2.24, 2.45) is 0 Å². The second-order valence-corrected chi connectivity index (χ2v) is 6.85. The lowest BCUT2D eigenvalue weighted by molar-refractivity contribution is -0.157. The van der Waals surface area contributed by atoms with E-state index in [1.165, 1.54) is 9.80 Å². The minimum absolute atomic E-state index is 0.109. The predicted molar refractivity (Wildman–Crippen MR) is 108 cm³/mol. The van der Waals surface area contributed by atoms with Crippen molar-refractivity contribution in [2.75, 3.05) is 33.3 Å². The molecule has 29 heavy (non-hydrogen) atoms. The van der Waals surface area contributed by atoms with Crippen LogP contribution in [0.25, 0.3) is 0 Å². The molecular formula is C22H25N3O4.